The van der Waals surface area contributed by atoms with Crippen molar-refractivity contribution in [2.45, 2.75) is 23.3 Å². The maximum absolute atomic E-state index is 12.7. The number of hydrogen-bond acceptors (Lipinski definition) is 7. The average Bonchev–Trinajstić information content (AvgIpc) is 3.12. The van der Waals surface area contributed by atoms with E-state index in [-0.39, 0.29) is 23.6 Å². The highest BCUT2D eigenvalue weighted by Gasteiger charge is 2.51. The molecule has 9 heteroatoms. The van der Waals surface area contributed by atoms with E-state index >= 15 is 0 Å². The topological polar surface area (TPSA) is 101 Å². The molecule has 1 unspecified atom stereocenters. The number of nitrogens with one attached hydrogen (secondary N) is 1. The van der Waals surface area contributed by atoms with Crippen molar-refractivity contribution in [3.63, 3.8) is 0 Å². The Hall–Kier alpha value is -2.68. The molecular weight excluding hydrogens is 366 g/mol. The number of aromatic amines is 1. The van der Waals surface area contributed by atoms with Crippen LogP contribution in [0.1, 0.15) is 17.9 Å². The quantitative estimate of drug-likeness (QED) is 0.733. The molecule has 27 heavy (non-hydrogen) atoms. The zero-order valence-electron chi connectivity index (χ0n) is 15.0. The summed E-state index contributed by atoms with van der Waals surface area (Å²) in [5, 5.41) is 0.958. The maximum atomic E-state index is 12.7. The molecule has 1 aliphatic carbocycles. The summed E-state index contributed by atoms with van der Waals surface area (Å²) in [5.41, 5.74) is 1.58. The number of likely N-dealkylation sites (N-methyl/N-ethyl adjacent to an activating group) is 1. The number of pyridine rings is 1. The number of fused-ring (bicyclic) bond motifs is 4. The number of rotatable bonds is 3. The van der Waals surface area contributed by atoms with E-state index in [1.54, 1.807) is 18.6 Å². The van der Waals surface area contributed by atoms with E-state index in [2.05, 4.69) is 24.8 Å². The van der Waals surface area contributed by atoms with Crippen molar-refractivity contribution in [2.24, 2.45) is 5.92 Å². The molecule has 5 rings (SSSR count). The average molecular weight is 385 g/mol. The van der Waals surface area contributed by atoms with Gasteiger partial charge in [-0.25, -0.2) is 23.4 Å². The molecule has 2 aliphatic rings. The molecule has 0 bridgehead atoms. The minimum Gasteiger partial charge on any atom is -0.481 e. The van der Waals surface area contributed by atoms with Crippen LogP contribution in [0.4, 0.5) is 5.82 Å². The summed E-state index contributed by atoms with van der Waals surface area (Å²) in [6.45, 7) is 0. The van der Waals surface area contributed by atoms with Crippen LogP contribution in [0.15, 0.2) is 35.7 Å². The molecule has 3 atom stereocenters. The van der Waals surface area contributed by atoms with Crippen molar-refractivity contribution >= 4 is 26.7 Å². The van der Waals surface area contributed by atoms with Gasteiger partial charge < -0.3 is 14.6 Å². The van der Waals surface area contributed by atoms with Gasteiger partial charge in [-0.15, -0.1) is 0 Å². The Bertz CT molecular complexity index is 1140. The molecule has 4 heterocycles. The summed E-state index contributed by atoms with van der Waals surface area (Å²) in [4.78, 5) is 18.6. The second-order valence-corrected chi connectivity index (χ2v) is 9.19. The van der Waals surface area contributed by atoms with Crippen molar-refractivity contribution in [1.82, 2.24) is 19.9 Å². The van der Waals surface area contributed by atoms with E-state index in [1.165, 1.54) is 7.11 Å². The molecule has 0 saturated heterocycles. The number of hydrogen-bond donors (Lipinski definition) is 1. The molecule has 1 fully saturated rings. The second-order valence-electron chi connectivity index (χ2n) is 7.18. The van der Waals surface area contributed by atoms with E-state index in [0.29, 0.717) is 10.8 Å². The molecule has 0 amide bonds. The number of ether oxygens (including phenoxy) is 1. The zero-order valence-corrected chi connectivity index (χ0v) is 15.8. The fourth-order valence-corrected chi connectivity index (χ4v) is 6.40. The van der Waals surface area contributed by atoms with Gasteiger partial charge in [0, 0.05) is 37.5 Å². The largest absolute Gasteiger partial charge is 0.481 e. The summed E-state index contributed by atoms with van der Waals surface area (Å²) in [6, 6.07) is 3.67. The molecule has 1 aliphatic heterocycles. The number of methoxy groups -OCH3 is 1. The van der Waals surface area contributed by atoms with E-state index in [9.17, 15) is 8.42 Å². The van der Waals surface area contributed by atoms with Gasteiger partial charge in [-0.2, -0.15) is 0 Å². The maximum Gasteiger partial charge on any atom is 0.214 e. The van der Waals surface area contributed by atoms with Gasteiger partial charge in [0.2, 0.25) is 5.88 Å². The lowest BCUT2D eigenvalue weighted by Gasteiger charge is -2.51. The number of nitrogens with zero attached hydrogens (tertiary/aromatic N) is 4. The molecule has 0 spiro atoms. The summed E-state index contributed by atoms with van der Waals surface area (Å²) in [7, 11) is 0.185. The van der Waals surface area contributed by atoms with Gasteiger partial charge in [-0.1, -0.05) is 0 Å². The lowest BCUT2D eigenvalue weighted by Crippen LogP contribution is -2.54. The van der Waals surface area contributed by atoms with E-state index < -0.39 is 9.84 Å². The predicted molar refractivity (Wildman–Crippen MR) is 99.8 cm³/mol. The predicted octanol–water partition coefficient (Wildman–Crippen LogP) is 1.76. The highest BCUT2D eigenvalue weighted by Crippen LogP contribution is 2.52. The molecule has 1 N–H and O–H groups in total. The standard InChI is InChI=1S/C18H19N5O3S/c1-23(18-11-3-4-19-17(11)21-9-22-18)13-5-10-8-27(24,25)14-6-15(26-2)20-7-12(14)16(10)13/h3-4,6-7,9-10,13,16H,5,8H2,1-2H3,(H,19,21,22)/t10-,13-,16?/m1/s1. The van der Waals surface area contributed by atoms with Crippen LogP contribution in [0.5, 0.6) is 5.88 Å². The first kappa shape index (κ1) is 16.5. The van der Waals surface area contributed by atoms with Crippen LogP contribution in [-0.4, -0.2) is 54.3 Å². The van der Waals surface area contributed by atoms with Crippen LogP contribution in [0.3, 0.4) is 0 Å². The Morgan fingerprint density at radius 1 is 1.30 bits per heavy atom. The highest BCUT2D eigenvalue weighted by molar-refractivity contribution is 7.91. The summed E-state index contributed by atoms with van der Waals surface area (Å²) in [5.74, 6) is 1.56. The van der Waals surface area contributed by atoms with Gasteiger partial charge in [-0.3, -0.25) is 0 Å². The smallest absolute Gasteiger partial charge is 0.214 e. The number of aromatic nitrogens is 4. The van der Waals surface area contributed by atoms with Crippen molar-refractivity contribution in [1.29, 1.82) is 0 Å². The fraction of sp³-hybridized carbons (Fsp3) is 0.389. The van der Waals surface area contributed by atoms with Crippen LogP contribution in [0, 0.1) is 5.92 Å². The van der Waals surface area contributed by atoms with Crippen molar-refractivity contribution in [3.05, 3.63) is 36.4 Å². The molecule has 0 radical (unpaired) electrons. The van der Waals surface area contributed by atoms with E-state index in [1.807, 2.05) is 19.3 Å². The Morgan fingerprint density at radius 2 is 2.15 bits per heavy atom. The second kappa shape index (κ2) is 5.66. The van der Waals surface area contributed by atoms with Crippen molar-refractivity contribution in [2.75, 3.05) is 24.8 Å². The van der Waals surface area contributed by atoms with Crippen LogP contribution >= 0.6 is 0 Å². The zero-order chi connectivity index (χ0) is 18.8. The van der Waals surface area contributed by atoms with Crippen molar-refractivity contribution in [3.8, 4) is 5.88 Å². The lowest BCUT2D eigenvalue weighted by atomic mass is 9.66. The first-order valence-electron chi connectivity index (χ1n) is 8.77. The Morgan fingerprint density at radius 3 is 2.96 bits per heavy atom. The molecule has 1 saturated carbocycles. The highest BCUT2D eigenvalue weighted by atomic mass is 32.2. The van der Waals surface area contributed by atoms with Gasteiger partial charge in [0.25, 0.3) is 0 Å². The third kappa shape index (κ3) is 2.34. The van der Waals surface area contributed by atoms with Crippen LogP contribution in [0.25, 0.3) is 11.0 Å². The Kier molecular flexibility index (Phi) is 3.45. The van der Waals surface area contributed by atoms with Gasteiger partial charge in [0.15, 0.2) is 9.84 Å². The third-order valence-electron chi connectivity index (χ3n) is 5.84. The van der Waals surface area contributed by atoms with Crippen LogP contribution < -0.4 is 9.64 Å². The Balaban J connectivity index is 1.56. The van der Waals surface area contributed by atoms with Crippen LogP contribution in [0.2, 0.25) is 0 Å². The molecule has 3 aromatic rings. The van der Waals surface area contributed by atoms with E-state index in [4.69, 9.17) is 4.74 Å². The first-order valence-corrected chi connectivity index (χ1v) is 10.4. The first-order chi connectivity index (χ1) is 13.0. The minimum absolute atomic E-state index is 0.105. The van der Waals surface area contributed by atoms with Gasteiger partial charge >= 0.3 is 0 Å². The summed E-state index contributed by atoms with van der Waals surface area (Å²) >= 11 is 0. The normalized spacial score (nSPS) is 25.3. The summed E-state index contributed by atoms with van der Waals surface area (Å²) in [6.07, 6.45) is 5.86. The van der Waals surface area contributed by atoms with Crippen LogP contribution in [-0.2, 0) is 9.84 Å². The lowest BCUT2D eigenvalue weighted by molar-refractivity contribution is 0.215. The number of sulfone groups is 1. The third-order valence-corrected chi connectivity index (χ3v) is 7.73. The molecule has 140 valence electrons. The number of H-pyrrole nitrogens is 1. The van der Waals surface area contributed by atoms with Gasteiger partial charge in [0.1, 0.15) is 17.8 Å². The van der Waals surface area contributed by atoms with Gasteiger partial charge in [0.05, 0.1) is 23.1 Å². The molecule has 3 aromatic heterocycles. The number of anilines is 1. The fourth-order valence-electron chi connectivity index (χ4n) is 4.48. The monoisotopic (exact) mass is 385 g/mol. The van der Waals surface area contributed by atoms with Gasteiger partial charge in [-0.05, 0) is 24.0 Å². The SMILES string of the molecule is COc1cc2c(cn1)C1[C@H](C[C@H]1N(C)c1ncnc3[nH]ccc13)CS2(=O)=O. The molecule has 0 aromatic carbocycles. The Labute approximate surface area is 156 Å². The summed E-state index contributed by atoms with van der Waals surface area (Å²) < 4.78 is 30.5. The molecular formula is C18H19N5O3S. The van der Waals surface area contributed by atoms with E-state index in [0.717, 1.165) is 28.8 Å². The van der Waals surface area contributed by atoms with Crippen molar-refractivity contribution < 1.29 is 13.2 Å². The minimum atomic E-state index is -3.31. The molecule has 8 nitrogen and oxygen atoms in total.